The molecule has 0 fully saturated rings. The Kier molecular flexibility index (Phi) is 5.13. The molecule has 2 aromatic rings. The summed E-state index contributed by atoms with van der Waals surface area (Å²) in [7, 11) is 0. The Labute approximate surface area is 116 Å². The quantitative estimate of drug-likeness (QED) is 0.822. The van der Waals surface area contributed by atoms with Gasteiger partial charge in [0.15, 0.2) is 0 Å². The van der Waals surface area contributed by atoms with Gasteiger partial charge < -0.3 is 0 Å². The third-order valence-electron chi connectivity index (χ3n) is 2.86. The van der Waals surface area contributed by atoms with Gasteiger partial charge in [-0.05, 0) is 60.0 Å². The van der Waals surface area contributed by atoms with Gasteiger partial charge in [-0.1, -0.05) is 36.4 Å². The maximum Gasteiger partial charge on any atom is 0.0258 e. The first kappa shape index (κ1) is 13.5. The Hall–Kier alpha value is -0.940. The summed E-state index contributed by atoms with van der Waals surface area (Å²) in [6.07, 6.45) is 1.97. The first-order valence-electron chi connectivity index (χ1n) is 5.74. The first-order valence-corrected chi connectivity index (χ1v) is 7.50. The summed E-state index contributed by atoms with van der Waals surface area (Å²) in [6.45, 7) is 0. The summed E-state index contributed by atoms with van der Waals surface area (Å²) >= 11 is 2.62. The smallest absolute Gasteiger partial charge is 0.0258 e. The van der Waals surface area contributed by atoms with E-state index in [9.17, 15) is 0 Å². The zero-order chi connectivity index (χ0) is 12.8. The van der Waals surface area contributed by atoms with Gasteiger partial charge in [0.2, 0.25) is 0 Å². The van der Waals surface area contributed by atoms with E-state index in [1.807, 2.05) is 12.1 Å². The maximum absolute atomic E-state index is 5.67. The van der Waals surface area contributed by atoms with Crippen LogP contribution in [0.5, 0.6) is 0 Å². The Morgan fingerprint density at radius 2 is 1.06 bits per heavy atom. The lowest BCUT2D eigenvalue weighted by molar-refractivity contribution is 0.914. The predicted octanol–water partition coefficient (Wildman–Crippen LogP) is 3.40. The molecule has 0 aromatic heterocycles. The van der Waals surface area contributed by atoms with Crippen molar-refractivity contribution in [1.29, 1.82) is 0 Å². The van der Waals surface area contributed by atoms with Crippen molar-refractivity contribution in [2.75, 3.05) is 0 Å². The number of hydrogen-bond donors (Lipinski definition) is 2. The highest BCUT2D eigenvalue weighted by atomic mass is 32.2. The number of benzene rings is 2. The topological polar surface area (TPSA) is 52.0 Å². The van der Waals surface area contributed by atoms with Gasteiger partial charge in [-0.15, -0.1) is 0 Å². The van der Waals surface area contributed by atoms with Crippen molar-refractivity contribution >= 4 is 23.9 Å². The van der Waals surface area contributed by atoms with E-state index in [2.05, 4.69) is 36.4 Å². The molecule has 94 valence electrons. The molecule has 0 unspecified atom stereocenters. The lowest BCUT2D eigenvalue weighted by atomic mass is 10.0. The van der Waals surface area contributed by atoms with E-state index in [-0.39, 0.29) is 0 Å². The highest BCUT2D eigenvalue weighted by Crippen LogP contribution is 2.22. The van der Waals surface area contributed by atoms with Crippen LogP contribution >= 0.6 is 23.9 Å². The van der Waals surface area contributed by atoms with Crippen LogP contribution in [-0.2, 0) is 12.8 Å². The molecule has 4 heteroatoms. The van der Waals surface area contributed by atoms with Crippen LogP contribution < -0.4 is 10.3 Å². The molecule has 0 radical (unpaired) electrons. The minimum Gasteiger partial charge on any atom is -0.274 e. The van der Waals surface area contributed by atoms with Gasteiger partial charge in [0.05, 0.1) is 0 Å². The van der Waals surface area contributed by atoms with Crippen molar-refractivity contribution in [2.45, 2.75) is 22.6 Å². The zero-order valence-corrected chi connectivity index (χ0v) is 11.6. The number of aryl methyl sites for hydroxylation is 2. The van der Waals surface area contributed by atoms with Crippen LogP contribution in [0.1, 0.15) is 11.1 Å². The minimum absolute atomic E-state index is 0.984. The number of nitrogens with two attached hydrogens (primary N) is 2. The minimum atomic E-state index is 0.984. The van der Waals surface area contributed by atoms with E-state index in [1.54, 1.807) is 0 Å². The summed E-state index contributed by atoms with van der Waals surface area (Å²) in [5.74, 6) is 0. The Morgan fingerprint density at radius 3 is 1.44 bits per heavy atom. The van der Waals surface area contributed by atoms with Crippen LogP contribution in [0.4, 0.5) is 0 Å². The standard InChI is InChI=1S/C14H16N2S2/c15-17-13-7-3-1-5-11(13)9-10-12-6-2-4-8-14(12)18-16/h1-8H,9-10,15-16H2. The molecule has 0 saturated carbocycles. The van der Waals surface area contributed by atoms with E-state index in [0.29, 0.717) is 0 Å². The fourth-order valence-corrected chi connectivity index (χ4v) is 2.88. The van der Waals surface area contributed by atoms with E-state index >= 15 is 0 Å². The summed E-state index contributed by atoms with van der Waals surface area (Å²) in [5.41, 5.74) is 2.59. The van der Waals surface area contributed by atoms with Crippen molar-refractivity contribution < 1.29 is 0 Å². The van der Waals surface area contributed by atoms with Crippen LogP contribution in [-0.4, -0.2) is 0 Å². The summed E-state index contributed by atoms with van der Waals surface area (Å²) in [5, 5.41) is 11.3. The van der Waals surface area contributed by atoms with Crippen molar-refractivity contribution in [3.05, 3.63) is 59.7 Å². The molecule has 0 amide bonds. The summed E-state index contributed by atoms with van der Waals surface area (Å²) in [6, 6.07) is 16.5. The summed E-state index contributed by atoms with van der Waals surface area (Å²) < 4.78 is 0. The molecular weight excluding hydrogens is 260 g/mol. The van der Waals surface area contributed by atoms with Crippen molar-refractivity contribution in [2.24, 2.45) is 10.3 Å². The predicted molar refractivity (Wildman–Crippen MR) is 80.4 cm³/mol. The molecule has 0 spiro atoms. The second-order valence-corrected chi connectivity index (χ2v) is 5.30. The van der Waals surface area contributed by atoms with Gasteiger partial charge in [0.25, 0.3) is 0 Å². The largest absolute Gasteiger partial charge is 0.274 e. The van der Waals surface area contributed by atoms with Crippen molar-refractivity contribution in [3.8, 4) is 0 Å². The monoisotopic (exact) mass is 276 g/mol. The van der Waals surface area contributed by atoms with Gasteiger partial charge in [-0.25, -0.2) is 0 Å². The molecule has 0 heterocycles. The highest BCUT2D eigenvalue weighted by Gasteiger charge is 2.04. The van der Waals surface area contributed by atoms with Crippen molar-refractivity contribution in [1.82, 2.24) is 0 Å². The van der Waals surface area contributed by atoms with Crippen molar-refractivity contribution in [3.63, 3.8) is 0 Å². The first-order chi connectivity index (χ1) is 8.85. The molecule has 2 nitrogen and oxygen atoms in total. The molecule has 2 rings (SSSR count). The fourth-order valence-electron chi connectivity index (χ4n) is 1.92. The van der Waals surface area contributed by atoms with Crippen LogP contribution in [0.3, 0.4) is 0 Å². The van der Waals surface area contributed by atoms with Crippen LogP contribution in [0.25, 0.3) is 0 Å². The molecule has 0 aliphatic carbocycles. The Balaban J connectivity index is 2.11. The molecule has 18 heavy (non-hydrogen) atoms. The van der Waals surface area contributed by atoms with Crippen LogP contribution in [0.15, 0.2) is 58.3 Å². The third-order valence-corrected chi connectivity index (χ3v) is 4.17. The molecule has 0 aliphatic heterocycles. The van der Waals surface area contributed by atoms with E-state index in [0.717, 1.165) is 22.6 Å². The molecule has 2 aromatic carbocycles. The van der Waals surface area contributed by atoms with Crippen LogP contribution in [0.2, 0.25) is 0 Å². The van der Waals surface area contributed by atoms with E-state index < -0.39 is 0 Å². The lowest BCUT2D eigenvalue weighted by Gasteiger charge is -2.09. The zero-order valence-electron chi connectivity index (χ0n) is 10.0. The molecule has 0 bridgehead atoms. The number of hydrogen-bond acceptors (Lipinski definition) is 4. The van der Waals surface area contributed by atoms with Gasteiger partial charge >= 0.3 is 0 Å². The van der Waals surface area contributed by atoms with E-state index in [4.69, 9.17) is 10.3 Å². The molecule has 0 aliphatic rings. The average molecular weight is 276 g/mol. The lowest BCUT2D eigenvalue weighted by Crippen LogP contribution is -1.97. The van der Waals surface area contributed by atoms with Gasteiger partial charge in [-0.3, -0.25) is 10.3 Å². The van der Waals surface area contributed by atoms with E-state index in [1.165, 1.54) is 35.0 Å². The van der Waals surface area contributed by atoms with Gasteiger partial charge in [-0.2, -0.15) is 0 Å². The Morgan fingerprint density at radius 1 is 0.667 bits per heavy atom. The highest BCUT2D eigenvalue weighted by molar-refractivity contribution is 7.97. The fraction of sp³-hybridized carbons (Fsp3) is 0.143. The third kappa shape index (κ3) is 3.29. The Bertz CT molecular complexity index is 467. The number of rotatable bonds is 5. The van der Waals surface area contributed by atoms with Gasteiger partial charge in [0.1, 0.15) is 0 Å². The molecule has 0 saturated heterocycles. The van der Waals surface area contributed by atoms with Crippen LogP contribution in [0, 0.1) is 0 Å². The second-order valence-electron chi connectivity index (χ2n) is 3.95. The summed E-state index contributed by atoms with van der Waals surface area (Å²) in [4.78, 5) is 2.30. The molecule has 4 N–H and O–H groups in total. The van der Waals surface area contributed by atoms with Gasteiger partial charge in [0, 0.05) is 9.79 Å². The average Bonchev–Trinajstić information content (AvgIpc) is 2.45. The normalized spacial score (nSPS) is 10.6. The maximum atomic E-state index is 5.67. The molecular formula is C14H16N2S2. The SMILES string of the molecule is NSc1ccccc1CCc1ccccc1SN. The molecule has 0 atom stereocenters. The second kappa shape index (κ2) is 6.85.